The van der Waals surface area contributed by atoms with Crippen molar-refractivity contribution in [1.82, 2.24) is 9.47 Å². The number of nitrogens with zero attached hydrogens (tertiary/aromatic N) is 3. The Labute approximate surface area is 216 Å². The molecule has 1 amide bonds. The molecule has 1 aliphatic heterocycles. The summed E-state index contributed by atoms with van der Waals surface area (Å²) in [6.07, 6.45) is 1.46. The van der Waals surface area contributed by atoms with Gasteiger partial charge in [-0.1, -0.05) is 43.3 Å². The fourth-order valence-electron chi connectivity index (χ4n) is 4.50. The summed E-state index contributed by atoms with van der Waals surface area (Å²) in [5.41, 5.74) is 1.66. The number of anilines is 2. The maximum absolute atomic E-state index is 13.5. The molecule has 10 heteroatoms. The summed E-state index contributed by atoms with van der Waals surface area (Å²) in [5.74, 6) is 0.0720. The predicted octanol–water partition coefficient (Wildman–Crippen LogP) is 3.84. The zero-order valence-electron chi connectivity index (χ0n) is 20.0. The number of hydrogen-bond acceptors (Lipinski definition) is 6. The summed E-state index contributed by atoms with van der Waals surface area (Å²) < 4.78 is 35.8. The molecule has 194 valence electrons. The number of piperazine rings is 1. The van der Waals surface area contributed by atoms with Crippen molar-refractivity contribution >= 4 is 38.2 Å². The largest absolute Gasteiger partial charge is 0.459 e. The smallest absolute Gasteiger partial charge is 0.289 e. The highest BCUT2D eigenvalue weighted by molar-refractivity contribution is 7.92. The van der Waals surface area contributed by atoms with Gasteiger partial charge in [0.25, 0.3) is 21.5 Å². The van der Waals surface area contributed by atoms with Gasteiger partial charge in [0.1, 0.15) is 5.69 Å². The molecule has 0 atom stereocenters. The molecule has 2 aromatic heterocycles. The van der Waals surface area contributed by atoms with E-state index < -0.39 is 15.6 Å². The second-order valence-corrected chi connectivity index (χ2v) is 10.5. The molecule has 1 aliphatic rings. The number of rotatable bonds is 5. The molecule has 1 N–H and O–H groups in total. The van der Waals surface area contributed by atoms with E-state index in [1.54, 1.807) is 36.2 Å². The van der Waals surface area contributed by atoms with Crippen LogP contribution in [0.3, 0.4) is 0 Å². The van der Waals surface area contributed by atoms with Crippen LogP contribution in [0, 0.1) is 6.92 Å². The fraction of sp³-hybridized carbons (Fsp3) is 0.259. The minimum Gasteiger partial charge on any atom is -0.459 e. The Morgan fingerprint density at radius 1 is 0.946 bits per heavy atom. The highest BCUT2D eigenvalue weighted by Gasteiger charge is 2.29. The second kappa shape index (κ2) is 10.1. The Morgan fingerprint density at radius 3 is 2.27 bits per heavy atom. The Morgan fingerprint density at radius 2 is 1.62 bits per heavy atom. The third-order valence-corrected chi connectivity index (χ3v) is 7.82. The van der Waals surface area contributed by atoms with Gasteiger partial charge in [-0.25, -0.2) is 8.42 Å². The number of amides is 1. The summed E-state index contributed by atoms with van der Waals surface area (Å²) in [7, 11) is -2.40. The van der Waals surface area contributed by atoms with Crippen molar-refractivity contribution < 1.29 is 17.6 Å². The van der Waals surface area contributed by atoms with Gasteiger partial charge in [-0.3, -0.25) is 14.3 Å². The summed E-state index contributed by atoms with van der Waals surface area (Å²) >= 11 is 0. The normalized spacial score (nSPS) is 13.9. The summed E-state index contributed by atoms with van der Waals surface area (Å²) in [4.78, 5) is 29.9. The highest BCUT2D eigenvalue weighted by Crippen LogP contribution is 2.34. The first-order valence-corrected chi connectivity index (χ1v) is 13.0. The molecular formula is C27H30N4O5S. The van der Waals surface area contributed by atoms with E-state index in [0.717, 1.165) is 10.9 Å². The number of benzene rings is 2. The van der Waals surface area contributed by atoms with Crippen LogP contribution in [0.1, 0.15) is 23.5 Å². The molecule has 0 unspecified atom stereocenters. The van der Waals surface area contributed by atoms with Crippen LogP contribution in [-0.2, 0) is 17.1 Å². The van der Waals surface area contributed by atoms with E-state index in [-0.39, 0.29) is 29.7 Å². The molecular weight excluding hydrogens is 492 g/mol. The van der Waals surface area contributed by atoms with E-state index in [9.17, 15) is 18.0 Å². The minimum atomic E-state index is -4.02. The number of carbonyl (C=O) groups is 1. The third-order valence-electron chi connectivity index (χ3n) is 6.46. The van der Waals surface area contributed by atoms with E-state index in [4.69, 9.17) is 4.42 Å². The number of para-hydroxylation sites is 1. The molecule has 0 radical (unpaired) electrons. The molecule has 37 heavy (non-hydrogen) atoms. The van der Waals surface area contributed by atoms with Crippen LogP contribution < -0.4 is 15.2 Å². The Kier molecular flexibility index (Phi) is 7.13. The van der Waals surface area contributed by atoms with Crippen LogP contribution >= 0.6 is 0 Å². The number of fused-ring (bicyclic) bond motifs is 1. The van der Waals surface area contributed by atoms with Crippen LogP contribution in [0.4, 0.5) is 11.4 Å². The van der Waals surface area contributed by atoms with Gasteiger partial charge < -0.3 is 18.8 Å². The van der Waals surface area contributed by atoms with Crippen LogP contribution in [0.25, 0.3) is 10.9 Å². The first-order chi connectivity index (χ1) is 17.3. The molecule has 0 bridgehead atoms. The first-order valence-electron chi connectivity index (χ1n) is 11.6. The lowest BCUT2D eigenvalue weighted by atomic mass is 10.1. The molecule has 3 heterocycles. The zero-order chi connectivity index (χ0) is 25.4. The van der Waals surface area contributed by atoms with E-state index in [2.05, 4.69) is 4.72 Å². The predicted molar refractivity (Wildman–Crippen MR) is 145 cm³/mol. The minimum absolute atomic E-state index is 0. The zero-order valence-corrected chi connectivity index (χ0v) is 20.8. The van der Waals surface area contributed by atoms with Crippen molar-refractivity contribution in [3.63, 3.8) is 0 Å². The van der Waals surface area contributed by atoms with Crippen molar-refractivity contribution in [2.75, 3.05) is 35.8 Å². The van der Waals surface area contributed by atoms with Gasteiger partial charge in [-0.15, -0.1) is 0 Å². The number of sulfonamides is 1. The van der Waals surface area contributed by atoms with Crippen molar-refractivity contribution in [2.45, 2.75) is 19.2 Å². The summed E-state index contributed by atoms with van der Waals surface area (Å²) in [5, 5.41) is 0.743. The molecule has 5 rings (SSSR count). The monoisotopic (exact) mass is 522 g/mol. The van der Waals surface area contributed by atoms with E-state index in [1.165, 1.54) is 23.0 Å². The highest BCUT2D eigenvalue weighted by atomic mass is 32.2. The van der Waals surface area contributed by atoms with Gasteiger partial charge in [0.15, 0.2) is 5.76 Å². The lowest BCUT2D eigenvalue weighted by molar-refractivity contribution is 0.0715. The molecule has 9 nitrogen and oxygen atoms in total. The molecule has 2 aromatic carbocycles. The van der Waals surface area contributed by atoms with Gasteiger partial charge in [-0.2, -0.15) is 0 Å². The number of aromatic nitrogens is 1. The standard InChI is InChI=1S/C26H26N4O5S.CH4/c1-18-9-11-19(12-10-18)36(33,34)27-23-24(20-6-3-4-7-21(20)28(2)26(23)32)29-13-15-30(16-14-29)25(31)22-8-5-17-35-22;/h3-12,17,27H,13-16H2,1-2H3;1H4. The molecule has 4 aromatic rings. The Bertz CT molecular complexity index is 1580. The van der Waals surface area contributed by atoms with Crippen molar-refractivity contribution in [3.8, 4) is 0 Å². The van der Waals surface area contributed by atoms with Crippen molar-refractivity contribution in [1.29, 1.82) is 0 Å². The van der Waals surface area contributed by atoms with Crippen LogP contribution in [0.15, 0.2) is 81.0 Å². The lowest BCUT2D eigenvalue weighted by Gasteiger charge is -2.37. The Hall–Kier alpha value is -4.05. The maximum Gasteiger partial charge on any atom is 0.289 e. The van der Waals surface area contributed by atoms with E-state index >= 15 is 0 Å². The molecule has 0 saturated carbocycles. The first kappa shape index (κ1) is 26.0. The third kappa shape index (κ3) is 4.84. The number of hydrogen-bond donors (Lipinski definition) is 1. The van der Waals surface area contributed by atoms with Gasteiger partial charge >= 0.3 is 0 Å². The number of nitrogens with one attached hydrogen (secondary N) is 1. The number of pyridine rings is 1. The van der Waals surface area contributed by atoms with Gasteiger partial charge in [0.05, 0.1) is 22.4 Å². The van der Waals surface area contributed by atoms with Crippen LogP contribution in [0.5, 0.6) is 0 Å². The summed E-state index contributed by atoms with van der Waals surface area (Å²) in [6.45, 7) is 3.50. The number of carbonyl (C=O) groups excluding carboxylic acids is 1. The van der Waals surface area contributed by atoms with E-state index in [1.807, 2.05) is 36.1 Å². The van der Waals surface area contributed by atoms with Gasteiger partial charge in [-0.05, 0) is 37.3 Å². The van der Waals surface area contributed by atoms with Crippen LogP contribution in [0.2, 0.25) is 0 Å². The lowest BCUT2D eigenvalue weighted by Crippen LogP contribution is -2.49. The fourth-order valence-corrected chi connectivity index (χ4v) is 5.56. The van der Waals surface area contributed by atoms with Gasteiger partial charge in [0, 0.05) is 38.6 Å². The molecule has 1 saturated heterocycles. The number of furan rings is 1. The Balaban J connectivity index is 0.00000320. The molecule has 0 aliphatic carbocycles. The topological polar surface area (TPSA) is 105 Å². The van der Waals surface area contributed by atoms with Crippen LogP contribution in [-0.4, -0.2) is 50.0 Å². The molecule has 1 fully saturated rings. The summed E-state index contributed by atoms with van der Waals surface area (Å²) in [6, 6.07) is 17.1. The quantitative estimate of drug-likeness (QED) is 0.427. The van der Waals surface area contributed by atoms with Crippen molar-refractivity contribution in [3.05, 3.63) is 88.6 Å². The van der Waals surface area contributed by atoms with Gasteiger partial charge in [0.2, 0.25) is 0 Å². The average Bonchev–Trinajstić information content (AvgIpc) is 3.42. The number of aryl methyl sites for hydroxylation is 2. The maximum atomic E-state index is 13.5. The second-order valence-electron chi connectivity index (χ2n) is 8.78. The SMILES string of the molecule is C.Cc1ccc(S(=O)(=O)Nc2c(N3CCN(C(=O)c4ccco4)CC3)c3ccccc3n(C)c2=O)cc1. The molecule has 0 spiro atoms. The average molecular weight is 523 g/mol. The van der Waals surface area contributed by atoms with E-state index in [0.29, 0.717) is 37.4 Å². The van der Waals surface area contributed by atoms with Crippen molar-refractivity contribution in [2.24, 2.45) is 7.05 Å².